The maximum atomic E-state index is 12.9. The lowest BCUT2D eigenvalue weighted by atomic mass is 10.2. The van der Waals surface area contributed by atoms with Crippen LogP contribution >= 0.6 is 11.8 Å². The first kappa shape index (κ1) is 13.3. The SMILES string of the molecule is Cn1[nH]c(=O)c(=O)nc1SCc1ccc(F)cc1N. The molecule has 0 aliphatic rings. The number of rotatable bonds is 3. The molecular formula is C11H11FN4O2S. The van der Waals surface area contributed by atoms with Crippen LogP contribution < -0.4 is 16.9 Å². The molecule has 0 spiro atoms. The van der Waals surface area contributed by atoms with Gasteiger partial charge in [0.2, 0.25) is 0 Å². The van der Waals surface area contributed by atoms with Gasteiger partial charge in [-0.1, -0.05) is 17.8 Å². The van der Waals surface area contributed by atoms with Gasteiger partial charge in [0.15, 0.2) is 5.16 Å². The molecule has 0 saturated carbocycles. The summed E-state index contributed by atoms with van der Waals surface area (Å²) in [5.74, 6) is 0.0131. The number of hydrogen-bond acceptors (Lipinski definition) is 5. The third kappa shape index (κ3) is 3.02. The fourth-order valence-electron chi connectivity index (χ4n) is 1.43. The quantitative estimate of drug-likeness (QED) is 0.485. The van der Waals surface area contributed by atoms with E-state index < -0.39 is 16.9 Å². The molecule has 100 valence electrons. The van der Waals surface area contributed by atoms with Crippen LogP contribution in [0.15, 0.2) is 32.9 Å². The molecule has 0 saturated heterocycles. The highest BCUT2D eigenvalue weighted by molar-refractivity contribution is 7.98. The number of aromatic nitrogens is 3. The Kier molecular flexibility index (Phi) is 3.70. The van der Waals surface area contributed by atoms with Crippen molar-refractivity contribution >= 4 is 17.4 Å². The Morgan fingerprint density at radius 2 is 2.21 bits per heavy atom. The number of H-pyrrole nitrogens is 1. The number of hydrogen-bond donors (Lipinski definition) is 2. The average molecular weight is 282 g/mol. The van der Waals surface area contributed by atoms with E-state index in [9.17, 15) is 14.0 Å². The number of aromatic amines is 1. The van der Waals surface area contributed by atoms with Gasteiger partial charge < -0.3 is 5.73 Å². The Hall–Kier alpha value is -2.09. The van der Waals surface area contributed by atoms with Gasteiger partial charge in [-0.2, -0.15) is 4.98 Å². The molecule has 0 unspecified atom stereocenters. The second-order valence-electron chi connectivity index (χ2n) is 3.83. The molecule has 0 amide bonds. The molecular weight excluding hydrogens is 271 g/mol. The van der Waals surface area contributed by atoms with Crippen LogP contribution in [0, 0.1) is 5.82 Å². The summed E-state index contributed by atoms with van der Waals surface area (Å²) in [6, 6.07) is 4.11. The summed E-state index contributed by atoms with van der Waals surface area (Å²) in [6.07, 6.45) is 0. The van der Waals surface area contributed by atoms with Crippen molar-refractivity contribution < 1.29 is 4.39 Å². The van der Waals surface area contributed by atoms with Gasteiger partial charge in [0.25, 0.3) is 0 Å². The lowest BCUT2D eigenvalue weighted by molar-refractivity contribution is 0.596. The summed E-state index contributed by atoms with van der Waals surface area (Å²) in [4.78, 5) is 25.8. The fourth-order valence-corrected chi connectivity index (χ4v) is 2.36. The Morgan fingerprint density at radius 3 is 2.89 bits per heavy atom. The Labute approximate surface area is 111 Å². The minimum absolute atomic E-state index is 0.335. The van der Waals surface area contributed by atoms with Gasteiger partial charge in [-0.15, -0.1) is 0 Å². The highest BCUT2D eigenvalue weighted by atomic mass is 32.2. The van der Waals surface area contributed by atoms with Gasteiger partial charge in [0.1, 0.15) is 5.82 Å². The molecule has 6 nitrogen and oxygen atoms in total. The normalized spacial score (nSPS) is 10.6. The maximum Gasteiger partial charge on any atom is 0.339 e. The first-order chi connectivity index (χ1) is 8.97. The summed E-state index contributed by atoms with van der Waals surface area (Å²) >= 11 is 1.22. The second-order valence-corrected chi connectivity index (χ2v) is 4.77. The van der Waals surface area contributed by atoms with E-state index in [0.29, 0.717) is 16.6 Å². The van der Waals surface area contributed by atoms with Gasteiger partial charge in [-0.05, 0) is 17.7 Å². The number of anilines is 1. The molecule has 8 heteroatoms. The zero-order valence-corrected chi connectivity index (χ0v) is 10.8. The fraction of sp³-hybridized carbons (Fsp3) is 0.182. The maximum absolute atomic E-state index is 12.9. The smallest absolute Gasteiger partial charge is 0.339 e. The van der Waals surface area contributed by atoms with Crippen molar-refractivity contribution in [2.75, 3.05) is 5.73 Å². The predicted molar refractivity (Wildman–Crippen MR) is 70.5 cm³/mol. The van der Waals surface area contributed by atoms with Crippen LogP contribution in [0.4, 0.5) is 10.1 Å². The molecule has 2 rings (SSSR count). The summed E-state index contributed by atoms with van der Waals surface area (Å²) in [5, 5.41) is 2.70. The van der Waals surface area contributed by atoms with Crippen LogP contribution in [0.25, 0.3) is 0 Å². The van der Waals surface area contributed by atoms with Crippen molar-refractivity contribution in [1.29, 1.82) is 0 Å². The molecule has 1 aromatic carbocycles. The van der Waals surface area contributed by atoms with E-state index in [1.165, 1.54) is 28.6 Å². The predicted octanol–water partition coefficient (Wildman–Crippen LogP) is 0.482. The monoisotopic (exact) mass is 282 g/mol. The van der Waals surface area contributed by atoms with Crippen LogP contribution in [0.1, 0.15) is 5.56 Å². The molecule has 0 fully saturated rings. The third-order valence-corrected chi connectivity index (χ3v) is 3.49. The van der Waals surface area contributed by atoms with Gasteiger partial charge in [-0.3, -0.25) is 19.4 Å². The van der Waals surface area contributed by atoms with Crippen LogP contribution in [-0.2, 0) is 12.8 Å². The van der Waals surface area contributed by atoms with E-state index in [2.05, 4.69) is 10.1 Å². The van der Waals surface area contributed by atoms with Crippen molar-refractivity contribution in [3.63, 3.8) is 0 Å². The summed E-state index contributed by atoms with van der Waals surface area (Å²) in [5.41, 5.74) is 5.13. The van der Waals surface area contributed by atoms with Crippen molar-refractivity contribution in [2.24, 2.45) is 7.05 Å². The highest BCUT2D eigenvalue weighted by Gasteiger charge is 2.07. The number of thioether (sulfide) groups is 1. The van der Waals surface area contributed by atoms with E-state index in [-0.39, 0.29) is 0 Å². The summed E-state index contributed by atoms with van der Waals surface area (Å²) < 4.78 is 14.2. The van der Waals surface area contributed by atoms with Gasteiger partial charge >= 0.3 is 11.1 Å². The van der Waals surface area contributed by atoms with Crippen LogP contribution in [0.5, 0.6) is 0 Å². The Balaban J connectivity index is 2.21. The number of nitrogens with zero attached hydrogens (tertiary/aromatic N) is 2. The van der Waals surface area contributed by atoms with E-state index in [4.69, 9.17) is 5.73 Å². The van der Waals surface area contributed by atoms with Crippen molar-refractivity contribution in [1.82, 2.24) is 14.8 Å². The second kappa shape index (κ2) is 5.27. The number of halogens is 1. The van der Waals surface area contributed by atoms with Crippen LogP contribution in [0.3, 0.4) is 0 Å². The molecule has 3 N–H and O–H groups in total. The van der Waals surface area contributed by atoms with Gasteiger partial charge in [-0.25, -0.2) is 4.39 Å². The first-order valence-corrected chi connectivity index (χ1v) is 6.30. The first-order valence-electron chi connectivity index (χ1n) is 5.31. The van der Waals surface area contributed by atoms with E-state index in [1.807, 2.05) is 0 Å². The molecule has 0 radical (unpaired) electrons. The topological polar surface area (TPSA) is 93.8 Å². The zero-order chi connectivity index (χ0) is 14.0. The molecule has 1 aromatic heterocycles. The molecule has 19 heavy (non-hydrogen) atoms. The average Bonchev–Trinajstić information content (AvgIpc) is 2.34. The molecule has 2 aromatic rings. The standard InChI is InChI=1S/C11H11FN4O2S/c1-16-11(14-9(17)10(18)15-16)19-5-6-2-3-7(12)4-8(6)13/h2-4H,5,13H2,1H3,(H,15,18). The lowest BCUT2D eigenvalue weighted by Crippen LogP contribution is -2.33. The van der Waals surface area contributed by atoms with Gasteiger partial charge in [0.05, 0.1) is 0 Å². The highest BCUT2D eigenvalue weighted by Crippen LogP contribution is 2.23. The van der Waals surface area contributed by atoms with Crippen LogP contribution in [0.2, 0.25) is 0 Å². The van der Waals surface area contributed by atoms with Crippen molar-refractivity contribution in [3.8, 4) is 0 Å². The van der Waals surface area contributed by atoms with Crippen molar-refractivity contribution in [2.45, 2.75) is 10.9 Å². The van der Waals surface area contributed by atoms with E-state index >= 15 is 0 Å². The Morgan fingerprint density at radius 1 is 1.47 bits per heavy atom. The minimum Gasteiger partial charge on any atom is -0.398 e. The molecule has 0 aliphatic carbocycles. The molecule has 1 heterocycles. The zero-order valence-electron chi connectivity index (χ0n) is 10.0. The molecule has 0 bridgehead atoms. The van der Waals surface area contributed by atoms with E-state index in [0.717, 1.165) is 5.56 Å². The Bertz CT molecular complexity index is 725. The number of nitrogen functional groups attached to an aromatic ring is 1. The van der Waals surface area contributed by atoms with Gasteiger partial charge in [0, 0.05) is 18.5 Å². The molecule has 0 atom stereocenters. The van der Waals surface area contributed by atoms with Crippen LogP contribution in [-0.4, -0.2) is 14.8 Å². The number of benzene rings is 1. The summed E-state index contributed by atoms with van der Waals surface area (Å²) in [6.45, 7) is 0. The summed E-state index contributed by atoms with van der Waals surface area (Å²) in [7, 11) is 1.57. The van der Waals surface area contributed by atoms with E-state index in [1.54, 1.807) is 13.1 Å². The third-order valence-electron chi connectivity index (χ3n) is 2.41. The number of aryl methyl sites for hydroxylation is 1. The molecule has 0 aliphatic heterocycles. The number of nitrogens with two attached hydrogens (primary N) is 1. The lowest BCUT2D eigenvalue weighted by Gasteiger charge is -2.07. The number of nitrogens with one attached hydrogen (secondary N) is 1. The largest absolute Gasteiger partial charge is 0.398 e. The van der Waals surface area contributed by atoms with Crippen molar-refractivity contribution in [3.05, 3.63) is 50.3 Å². The minimum atomic E-state index is -0.840.